The van der Waals surface area contributed by atoms with Crippen LogP contribution >= 0.6 is 22.9 Å². The van der Waals surface area contributed by atoms with E-state index in [4.69, 9.17) is 21.1 Å². The second kappa shape index (κ2) is 9.49. The zero-order chi connectivity index (χ0) is 21.0. The number of rotatable bonds is 8. The number of carbonyl (C=O) groups is 1. The zero-order valence-electron chi connectivity index (χ0n) is 16.4. The summed E-state index contributed by atoms with van der Waals surface area (Å²) in [5, 5.41) is 4.40. The quantitative estimate of drug-likeness (QED) is 0.414. The van der Waals surface area contributed by atoms with Crippen LogP contribution in [0.3, 0.4) is 0 Å². The maximum absolute atomic E-state index is 12.6. The Bertz CT molecular complexity index is 1080. The Hall–Kier alpha value is -2.26. The van der Waals surface area contributed by atoms with Gasteiger partial charge in [0.2, 0.25) is 0 Å². The smallest absolute Gasteiger partial charge is 0.348 e. The van der Waals surface area contributed by atoms with Gasteiger partial charge in [0, 0.05) is 18.2 Å². The van der Waals surface area contributed by atoms with E-state index in [1.165, 1.54) is 7.11 Å². The highest BCUT2D eigenvalue weighted by Crippen LogP contribution is 2.28. The lowest BCUT2D eigenvalue weighted by atomic mass is 10.1. The molecule has 0 saturated heterocycles. The molecule has 29 heavy (non-hydrogen) atoms. The van der Waals surface area contributed by atoms with Gasteiger partial charge in [-0.25, -0.2) is 9.78 Å². The number of halogens is 1. The first-order valence-corrected chi connectivity index (χ1v) is 10.3. The third-order valence-electron chi connectivity index (χ3n) is 4.50. The lowest BCUT2D eigenvalue weighted by Gasteiger charge is -2.15. The molecule has 2 N–H and O–H groups in total. The summed E-state index contributed by atoms with van der Waals surface area (Å²) in [5.74, 6) is 0.0101. The highest BCUT2D eigenvalue weighted by molar-refractivity contribution is 7.20. The fourth-order valence-corrected chi connectivity index (χ4v) is 4.33. The molecular formula is C20H22ClN3O4S. The number of aryl methyl sites for hydroxylation is 1. The number of nitrogens with zero attached hydrogens (tertiary/aromatic N) is 1. The van der Waals surface area contributed by atoms with Crippen molar-refractivity contribution in [3.05, 3.63) is 61.5 Å². The van der Waals surface area contributed by atoms with Crippen LogP contribution in [0.15, 0.2) is 29.1 Å². The van der Waals surface area contributed by atoms with Crippen molar-refractivity contribution < 1.29 is 14.3 Å². The van der Waals surface area contributed by atoms with Crippen molar-refractivity contribution in [2.75, 3.05) is 20.3 Å². The summed E-state index contributed by atoms with van der Waals surface area (Å²) in [6.07, 6.45) is 0. The highest BCUT2D eigenvalue weighted by Gasteiger charge is 2.20. The Balaban J connectivity index is 1.79. The largest absolute Gasteiger partial charge is 0.459 e. The monoisotopic (exact) mass is 435 g/mol. The topological polar surface area (TPSA) is 93.3 Å². The Kier molecular flexibility index (Phi) is 7.02. The lowest BCUT2D eigenvalue weighted by molar-refractivity contribution is 0.0393. The molecule has 0 bridgehead atoms. The van der Waals surface area contributed by atoms with Gasteiger partial charge in [0.15, 0.2) is 0 Å². The Morgan fingerprint density at radius 2 is 2.10 bits per heavy atom. The Morgan fingerprint density at radius 1 is 1.34 bits per heavy atom. The van der Waals surface area contributed by atoms with Crippen molar-refractivity contribution in [1.82, 2.24) is 15.3 Å². The molecule has 0 amide bonds. The summed E-state index contributed by atoms with van der Waals surface area (Å²) >= 11 is 7.39. The van der Waals surface area contributed by atoms with Crippen LogP contribution in [-0.2, 0) is 16.0 Å². The maximum atomic E-state index is 12.6. The van der Waals surface area contributed by atoms with Crippen LogP contribution in [-0.4, -0.2) is 36.3 Å². The van der Waals surface area contributed by atoms with Crippen LogP contribution in [0.25, 0.3) is 10.2 Å². The number of hydrogen-bond acceptors (Lipinski definition) is 7. The van der Waals surface area contributed by atoms with E-state index in [2.05, 4.69) is 15.3 Å². The van der Waals surface area contributed by atoms with Crippen molar-refractivity contribution in [1.29, 1.82) is 0 Å². The highest BCUT2D eigenvalue weighted by atomic mass is 35.5. The van der Waals surface area contributed by atoms with Crippen LogP contribution in [0.4, 0.5) is 0 Å². The SMILES string of the molecule is COCCOC(=O)c1sc2nc(CN[C@@H](C)c3ccccc3Cl)[nH]c(=O)c2c1C. The molecule has 0 unspecified atom stereocenters. The lowest BCUT2D eigenvalue weighted by Crippen LogP contribution is -2.22. The molecule has 1 atom stereocenters. The number of aromatic amines is 1. The molecule has 0 fully saturated rings. The minimum atomic E-state index is -0.478. The molecule has 7 nitrogen and oxygen atoms in total. The number of esters is 1. The molecule has 0 aliphatic rings. The number of ether oxygens (including phenoxy) is 2. The molecule has 9 heteroatoms. The van der Waals surface area contributed by atoms with E-state index >= 15 is 0 Å². The van der Waals surface area contributed by atoms with Gasteiger partial charge >= 0.3 is 5.97 Å². The van der Waals surface area contributed by atoms with Crippen LogP contribution in [0.1, 0.15) is 39.6 Å². The molecule has 0 radical (unpaired) electrons. The molecule has 2 aromatic heterocycles. The van der Waals surface area contributed by atoms with Gasteiger partial charge in [-0.1, -0.05) is 29.8 Å². The average molecular weight is 436 g/mol. The van der Waals surface area contributed by atoms with Gasteiger partial charge in [0.1, 0.15) is 22.1 Å². The second-order valence-electron chi connectivity index (χ2n) is 6.50. The summed E-state index contributed by atoms with van der Waals surface area (Å²) in [7, 11) is 1.53. The molecule has 0 aliphatic carbocycles. The summed E-state index contributed by atoms with van der Waals surface area (Å²) < 4.78 is 10.1. The maximum Gasteiger partial charge on any atom is 0.348 e. The zero-order valence-corrected chi connectivity index (χ0v) is 17.9. The van der Waals surface area contributed by atoms with Crippen molar-refractivity contribution >= 4 is 39.1 Å². The van der Waals surface area contributed by atoms with Crippen molar-refractivity contribution in [3.8, 4) is 0 Å². The molecule has 3 aromatic rings. The normalized spacial score (nSPS) is 12.3. The van der Waals surface area contributed by atoms with Crippen molar-refractivity contribution in [3.63, 3.8) is 0 Å². The Labute approximate surface area is 177 Å². The molecule has 3 rings (SSSR count). The number of thiophene rings is 1. The van der Waals surface area contributed by atoms with E-state index in [-0.39, 0.29) is 18.2 Å². The van der Waals surface area contributed by atoms with E-state index in [1.54, 1.807) is 6.92 Å². The van der Waals surface area contributed by atoms with E-state index < -0.39 is 5.97 Å². The number of aromatic nitrogens is 2. The van der Waals surface area contributed by atoms with Crippen molar-refractivity contribution in [2.45, 2.75) is 26.4 Å². The molecule has 2 heterocycles. The van der Waals surface area contributed by atoms with Gasteiger partial charge in [0.05, 0.1) is 18.5 Å². The van der Waals surface area contributed by atoms with Gasteiger partial charge in [-0.2, -0.15) is 0 Å². The third-order valence-corrected chi connectivity index (χ3v) is 6.01. The van der Waals surface area contributed by atoms with Crippen LogP contribution in [0.2, 0.25) is 5.02 Å². The molecular weight excluding hydrogens is 414 g/mol. The van der Waals surface area contributed by atoms with E-state index in [9.17, 15) is 9.59 Å². The van der Waals surface area contributed by atoms with Gasteiger partial charge in [0.25, 0.3) is 5.56 Å². The number of benzene rings is 1. The number of hydrogen-bond donors (Lipinski definition) is 2. The predicted octanol–water partition coefficient (Wildman–Crippen LogP) is 3.60. The van der Waals surface area contributed by atoms with E-state index in [0.717, 1.165) is 16.9 Å². The second-order valence-corrected chi connectivity index (χ2v) is 7.91. The van der Waals surface area contributed by atoms with Crippen LogP contribution in [0, 0.1) is 6.92 Å². The van der Waals surface area contributed by atoms with Gasteiger partial charge < -0.3 is 19.8 Å². The van der Waals surface area contributed by atoms with E-state index in [1.807, 2.05) is 31.2 Å². The molecule has 1 aromatic carbocycles. The van der Waals surface area contributed by atoms with Gasteiger partial charge in [-0.3, -0.25) is 4.79 Å². The van der Waals surface area contributed by atoms with Gasteiger partial charge in [-0.15, -0.1) is 11.3 Å². The standard InChI is InChI=1S/C20H22ClN3O4S/c1-11-16-18(25)23-15(10-22-12(2)13-6-4-5-7-14(13)21)24-19(16)29-17(11)20(26)28-9-8-27-3/h4-7,12,22H,8-10H2,1-3H3,(H,23,24,25)/t12-/m0/s1. The van der Waals surface area contributed by atoms with Gasteiger partial charge in [-0.05, 0) is 31.0 Å². The number of methoxy groups -OCH3 is 1. The number of fused-ring (bicyclic) bond motifs is 1. The number of carbonyl (C=O) groups excluding carboxylic acids is 1. The molecule has 0 aliphatic heterocycles. The third kappa shape index (κ3) is 4.84. The van der Waals surface area contributed by atoms with E-state index in [0.29, 0.717) is 44.7 Å². The van der Waals surface area contributed by atoms with Crippen molar-refractivity contribution in [2.24, 2.45) is 0 Å². The summed E-state index contributed by atoms with van der Waals surface area (Å²) in [5.41, 5.74) is 1.26. The molecule has 154 valence electrons. The van der Waals surface area contributed by atoms with Crippen LogP contribution in [0.5, 0.6) is 0 Å². The number of nitrogens with one attached hydrogen (secondary N) is 2. The molecule has 0 saturated carbocycles. The summed E-state index contributed by atoms with van der Waals surface area (Å²) in [4.78, 5) is 33.0. The first kappa shape index (κ1) is 21.4. The fourth-order valence-electron chi connectivity index (χ4n) is 2.94. The predicted molar refractivity (Wildman–Crippen MR) is 114 cm³/mol. The first-order chi connectivity index (χ1) is 13.9. The molecule has 0 spiro atoms. The Morgan fingerprint density at radius 3 is 2.83 bits per heavy atom. The minimum Gasteiger partial charge on any atom is -0.459 e. The average Bonchev–Trinajstić information content (AvgIpc) is 3.03. The van der Waals surface area contributed by atoms with Crippen LogP contribution < -0.4 is 10.9 Å². The fraction of sp³-hybridized carbons (Fsp3) is 0.350. The minimum absolute atomic E-state index is 0.0268. The summed E-state index contributed by atoms with van der Waals surface area (Å²) in [6.45, 7) is 4.53. The number of H-pyrrole nitrogens is 1. The first-order valence-electron chi connectivity index (χ1n) is 9.08. The summed E-state index contributed by atoms with van der Waals surface area (Å²) in [6, 6.07) is 7.56.